The number of nitrogens with zero attached hydrogens (tertiary/aromatic N) is 6. The van der Waals surface area contributed by atoms with Gasteiger partial charge in [0.05, 0.1) is 50.3 Å². The Morgan fingerprint density at radius 3 is 2.35 bits per heavy atom. The Morgan fingerprint density at radius 1 is 0.831 bits per heavy atom. The SMILES string of the molecule is C=C(COc1cc(C(=O)c2cnc(-c3c[nH]c4ccccc34)[nH]2)cc(OC)c1OC)C(=O)Nc1cc(Nc2nccc(-c3cn(C)c4ccccc34)n2)c(OC)cc1N(C)CCN(C)C. The highest BCUT2D eigenvalue weighted by Crippen LogP contribution is 2.41. The Labute approximate surface area is 375 Å². The summed E-state index contributed by atoms with van der Waals surface area (Å²) in [5.41, 5.74) is 6.88. The van der Waals surface area contributed by atoms with Crippen LogP contribution in [-0.4, -0.2) is 108 Å². The van der Waals surface area contributed by atoms with Crippen molar-refractivity contribution >= 4 is 56.5 Å². The number of likely N-dealkylation sites (N-methyl/N-ethyl adjacent to an activating group) is 2. The molecule has 332 valence electrons. The Kier molecular flexibility index (Phi) is 12.5. The van der Waals surface area contributed by atoms with Crippen molar-refractivity contribution in [2.75, 3.05) is 77.7 Å². The van der Waals surface area contributed by atoms with Crippen LogP contribution in [0, 0.1) is 0 Å². The highest BCUT2D eigenvalue weighted by molar-refractivity contribution is 6.09. The van der Waals surface area contributed by atoms with Gasteiger partial charge in [0.1, 0.15) is 23.9 Å². The number of benzene rings is 4. The predicted octanol–water partition coefficient (Wildman–Crippen LogP) is 8.08. The zero-order valence-electron chi connectivity index (χ0n) is 37.3. The number of hydrogen-bond acceptors (Lipinski definition) is 12. The van der Waals surface area contributed by atoms with E-state index in [0.29, 0.717) is 41.1 Å². The lowest BCUT2D eigenvalue weighted by Gasteiger charge is -2.26. The summed E-state index contributed by atoms with van der Waals surface area (Å²) in [5, 5.41) is 8.40. The molecule has 4 aromatic carbocycles. The van der Waals surface area contributed by atoms with E-state index >= 15 is 0 Å². The number of fused-ring (bicyclic) bond motifs is 2. The lowest BCUT2D eigenvalue weighted by molar-refractivity contribution is -0.113. The minimum atomic E-state index is -0.502. The van der Waals surface area contributed by atoms with Crippen molar-refractivity contribution in [2.45, 2.75) is 0 Å². The normalized spacial score (nSPS) is 11.2. The minimum Gasteiger partial charge on any atom is -0.494 e. The summed E-state index contributed by atoms with van der Waals surface area (Å²) < 4.78 is 25.4. The minimum absolute atomic E-state index is 0.0954. The summed E-state index contributed by atoms with van der Waals surface area (Å²) >= 11 is 0. The number of aromatic nitrogens is 6. The number of imidazole rings is 1. The van der Waals surface area contributed by atoms with Crippen LogP contribution < -0.4 is 34.5 Å². The number of carbonyl (C=O) groups is 2. The maximum Gasteiger partial charge on any atom is 0.254 e. The molecule has 0 aliphatic carbocycles. The van der Waals surface area contributed by atoms with Crippen LogP contribution in [0.3, 0.4) is 0 Å². The highest BCUT2D eigenvalue weighted by Gasteiger charge is 2.23. The molecule has 65 heavy (non-hydrogen) atoms. The number of carbonyl (C=O) groups excluding carboxylic acids is 2. The van der Waals surface area contributed by atoms with E-state index in [4.69, 9.17) is 23.9 Å². The van der Waals surface area contributed by atoms with Crippen molar-refractivity contribution in [1.29, 1.82) is 0 Å². The maximum atomic E-state index is 14.0. The molecule has 0 saturated carbocycles. The van der Waals surface area contributed by atoms with Gasteiger partial charge in [0.15, 0.2) is 11.5 Å². The molecule has 4 heterocycles. The quantitative estimate of drug-likeness (QED) is 0.0483. The summed E-state index contributed by atoms with van der Waals surface area (Å²) in [4.78, 5) is 52.3. The fourth-order valence-corrected chi connectivity index (χ4v) is 7.56. The molecule has 1 amide bonds. The van der Waals surface area contributed by atoms with Gasteiger partial charge in [-0.25, -0.2) is 15.0 Å². The van der Waals surface area contributed by atoms with Gasteiger partial charge in [-0.05, 0) is 50.5 Å². The van der Waals surface area contributed by atoms with Gasteiger partial charge in [-0.15, -0.1) is 0 Å². The summed E-state index contributed by atoms with van der Waals surface area (Å²) in [6.45, 7) is 5.21. The molecular formula is C49H50N10O6. The molecule has 0 saturated heterocycles. The molecule has 16 heteroatoms. The van der Waals surface area contributed by atoms with E-state index in [2.05, 4.69) is 58.7 Å². The Balaban J connectivity index is 1.03. The van der Waals surface area contributed by atoms with E-state index < -0.39 is 5.91 Å². The molecule has 0 unspecified atom stereocenters. The number of rotatable bonds is 18. The number of ketones is 1. The molecule has 0 aliphatic heterocycles. The zero-order valence-corrected chi connectivity index (χ0v) is 37.3. The van der Waals surface area contributed by atoms with E-state index in [9.17, 15) is 9.59 Å². The Hall–Kier alpha value is -8.11. The molecule has 0 fully saturated rings. The first-order chi connectivity index (χ1) is 31.5. The summed E-state index contributed by atoms with van der Waals surface area (Å²) in [6.07, 6.45) is 7.09. The molecule has 16 nitrogen and oxygen atoms in total. The van der Waals surface area contributed by atoms with Crippen molar-refractivity contribution in [3.63, 3.8) is 0 Å². The van der Waals surface area contributed by atoms with Crippen LogP contribution in [0.1, 0.15) is 16.1 Å². The third-order valence-electron chi connectivity index (χ3n) is 11.0. The van der Waals surface area contributed by atoms with Crippen LogP contribution in [-0.2, 0) is 11.8 Å². The number of ether oxygens (including phenoxy) is 4. The zero-order chi connectivity index (χ0) is 45.8. The van der Waals surface area contributed by atoms with Crippen molar-refractivity contribution in [3.05, 3.63) is 127 Å². The van der Waals surface area contributed by atoms with Crippen LogP contribution in [0.25, 0.3) is 44.5 Å². The highest BCUT2D eigenvalue weighted by atomic mass is 16.5. The lowest BCUT2D eigenvalue weighted by atomic mass is 10.1. The molecule has 0 spiro atoms. The summed E-state index contributed by atoms with van der Waals surface area (Å²) in [6, 6.07) is 24.6. The predicted molar refractivity (Wildman–Crippen MR) is 254 cm³/mol. The second-order valence-electron chi connectivity index (χ2n) is 15.6. The summed E-state index contributed by atoms with van der Waals surface area (Å²) in [7, 11) is 12.4. The number of aromatic amines is 2. The number of methoxy groups -OCH3 is 3. The van der Waals surface area contributed by atoms with Crippen molar-refractivity contribution in [1.82, 2.24) is 34.4 Å². The first kappa shape index (κ1) is 43.5. The molecule has 4 aromatic heterocycles. The summed E-state index contributed by atoms with van der Waals surface area (Å²) in [5.74, 6) is 1.20. The van der Waals surface area contributed by atoms with Crippen LogP contribution in [0.2, 0.25) is 0 Å². The fraction of sp³-hybridized carbons (Fsp3) is 0.204. The van der Waals surface area contributed by atoms with Gasteiger partial charge < -0.3 is 53.9 Å². The molecule has 0 bridgehead atoms. The number of hydrogen-bond donors (Lipinski definition) is 4. The first-order valence-electron chi connectivity index (χ1n) is 20.7. The van der Waals surface area contributed by atoms with Crippen molar-refractivity contribution in [3.8, 4) is 45.6 Å². The van der Waals surface area contributed by atoms with Crippen LogP contribution in [0.15, 0.2) is 116 Å². The number of amides is 1. The van der Waals surface area contributed by atoms with Gasteiger partial charge in [0, 0.05) is 95.9 Å². The van der Waals surface area contributed by atoms with E-state index in [1.54, 1.807) is 25.4 Å². The fourth-order valence-electron chi connectivity index (χ4n) is 7.56. The topological polar surface area (TPSA) is 177 Å². The average molecular weight is 875 g/mol. The number of nitrogens with one attached hydrogen (secondary N) is 4. The van der Waals surface area contributed by atoms with E-state index in [0.717, 1.165) is 45.2 Å². The number of aryl methyl sites for hydroxylation is 1. The lowest BCUT2D eigenvalue weighted by Crippen LogP contribution is -2.29. The second-order valence-corrected chi connectivity index (χ2v) is 15.6. The standard InChI is InChI=1S/C49H50N10O6/c1-29(28-65-44-22-30(21-43(63-7)46(44)64-8)45(60)39-26-52-47(53-39)33-25-51-35-15-11-9-13-31(33)35)48(61)54-37-23-38(42(62-6)24-41(37)58(4)20-19-57(2)3)56-49-50-18-17-36(55-49)34-27-59(5)40-16-12-10-14-32(34)40/h9-18,21-27,51H,1,19-20,28H2,2-8H3,(H,52,53)(H,54,61)(H,50,55,56). The van der Waals surface area contributed by atoms with Gasteiger partial charge in [-0.3, -0.25) is 9.59 Å². The number of anilines is 4. The molecule has 8 aromatic rings. The van der Waals surface area contributed by atoms with Gasteiger partial charge in [-0.2, -0.15) is 0 Å². The van der Waals surface area contributed by atoms with Gasteiger partial charge in [-0.1, -0.05) is 43.0 Å². The second kappa shape index (κ2) is 18.7. The Bertz CT molecular complexity index is 3060. The third-order valence-corrected chi connectivity index (χ3v) is 11.0. The van der Waals surface area contributed by atoms with E-state index in [-0.39, 0.29) is 46.5 Å². The van der Waals surface area contributed by atoms with Crippen molar-refractivity contribution < 1.29 is 28.5 Å². The first-order valence-corrected chi connectivity index (χ1v) is 20.7. The van der Waals surface area contributed by atoms with Crippen LogP contribution in [0.5, 0.6) is 23.0 Å². The van der Waals surface area contributed by atoms with Crippen LogP contribution >= 0.6 is 0 Å². The molecule has 0 atom stereocenters. The monoisotopic (exact) mass is 874 g/mol. The van der Waals surface area contributed by atoms with E-state index in [1.165, 1.54) is 26.5 Å². The number of H-pyrrole nitrogens is 2. The molecule has 0 aliphatic rings. The van der Waals surface area contributed by atoms with Crippen molar-refractivity contribution in [2.24, 2.45) is 7.05 Å². The molecular weight excluding hydrogens is 825 g/mol. The Morgan fingerprint density at radius 2 is 1.58 bits per heavy atom. The average Bonchev–Trinajstić information content (AvgIpc) is 4.07. The van der Waals surface area contributed by atoms with Gasteiger partial charge in [0.2, 0.25) is 17.5 Å². The number of para-hydroxylation sites is 2. The molecule has 8 rings (SSSR count). The van der Waals surface area contributed by atoms with E-state index in [1.807, 2.05) is 94.0 Å². The third kappa shape index (κ3) is 9.05. The van der Waals surface area contributed by atoms with Gasteiger partial charge >= 0.3 is 0 Å². The smallest absolute Gasteiger partial charge is 0.254 e. The maximum absolute atomic E-state index is 14.0. The molecule has 4 N–H and O–H groups in total. The molecule has 0 radical (unpaired) electrons. The largest absolute Gasteiger partial charge is 0.494 e. The van der Waals surface area contributed by atoms with Crippen LogP contribution in [0.4, 0.5) is 23.0 Å². The van der Waals surface area contributed by atoms with Gasteiger partial charge in [0.25, 0.3) is 5.91 Å².